The molecule has 0 N–H and O–H groups in total. The van der Waals surface area contributed by atoms with E-state index in [0.717, 1.165) is 45.8 Å². The van der Waals surface area contributed by atoms with Crippen molar-refractivity contribution < 1.29 is 9.53 Å². The van der Waals surface area contributed by atoms with Gasteiger partial charge in [-0.15, -0.1) is 5.10 Å². The third kappa shape index (κ3) is 3.36. The molecule has 0 radical (unpaired) electrons. The van der Waals surface area contributed by atoms with Crippen LogP contribution in [0.3, 0.4) is 0 Å². The number of hydrogen-bond acceptors (Lipinski definition) is 6. The van der Waals surface area contributed by atoms with Crippen molar-refractivity contribution in [2.75, 3.05) is 39.4 Å². The summed E-state index contributed by atoms with van der Waals surface area (Å²) in [7, 11) is 0. The number of nitrogens with zero attached hydrogens (tertiary/aromatic N) is 6. The number of amides is 1. The molecule has 2 aliphatic heterocycles. The van der Waals surface area contributed by atoms with Gasteiger partial charge in [0.05, 0.1) is 19.6 Å². The first kappa shape index (κ1) is 16.4. The Morgan fingerprint density at radius 1 is 1.32 bits per heavy atom. The van der Waals surface area contributed by atoms with Crippen LogP contribution in [0.1, 0.15) is 19.2 Å². The van der Waals surface area contributed by atoms with Crippen molar-refractivity contribution in [3.63, 3.8) is 0 Å². The number of likely N-dealkylation sites (tertiary alicyclic amines) is 1. The Morgan fingerprint density at radius 3 is 2.92 bits per heavy atom. The molecular weight excluding hydrogens is 320 g/mol. The molecular formula is C17H24N6O2. The topological polar surface area (TPSA) is 75.9 Å². The molecule has 8 heteroatoms. The number of ether oxygens (including phenoxy) is 1. The largest absolute Gasteiger partial charge is 0.379 e. The molecule has 0 spiro atoms. The highest BCUT2D eigenvalue weighted by Gasteiger charge is 2.38. The smallest absolute Gasteiger partial charge is 0.252 e. The fourth-order valence-electron chi connectivity index (χ4n) is 3.88. The lowest BCUT2D eigenvalue weighted by molar-refractivity contribution is -0.129. The molecule has 2 aromatic rings. The maximum absolute atomic E-state index is 12.8. The summed E-state index contributed by atoms with van der Waals surface area (Å²) < 4.78 is 7.07. The van der Waals surface area contributed by atoms with Crippen LogP contribution < -0.4 is 0 Å². The van der Waals surface area contributed by atoms with Crippen LogP contribution in [0.5, 0.6) is 0 Å². The number of carbonyl (C=O) groups is 1. The highest BCUT2D eigenvalue weighted by atomic mass is 16.5. The van der Waals surface area contributed by atoms with Gasteiger partial charge in [-0.2, -0.15) is 4.98 Å². The third-order valence-corrected chi connectivity index (χ3v) is 5.27. The quantitative estimate of drug-likeness (QED) is 0.791. The second-order valence-corrected chi connectivity index (χ2v) is 6.75. The molecule has 0 saturated carbocycles. The van der Waals surface area contributed by atoms with E-state index in [0.29, 0.717) is 23.6 Å². The van der Waals surface area contributed by atoms with Gasteiger partial charge in [0.15, 0.2) is 5.82 Å². The summed E-state index contributed by atoms with van der Waals surface area (Å²) >= 11 is 0. The molecule has 2 aromatic heterocycles. The lowest BCUT2D eigenvalue weighted by Crippen LogP contribution is -2.47. The van der Waals surface area contributed by atoms with Gasteiger partial charge in [0.2, 0.25) is 5.91 Å². The summed E-state index contributed by atoms with van der Waals surface area (Å²) in [5.41, 5.74) is 0. The van der Waals surface area contributed by atoms with Crippen molar-refractivity contribution >= 4 is 11.7 Å². The van der Waals surface area contributed by atoms with Crippen LogP contribution in [0, 0.1) is 5.92 Å². The molecule has 0 unspecified atom stereocenters. The predicted octanol–water partition coefficient (Wildman–Crippen LogP) is 0.236. The molecule has 4 heterocycles. The van der Waals surface area contributed by atoms with E-state index >= 15 is 0 Å². The number of rotatable bonds is 4. The van der Waals surface area contributed by atoms with Gasteiger partial charge in [-0.3, -0.25) is 9.69 Å². The van der Waals surface area contributed by atoms with Crippen LogP contribution in [0.4, 0.5) is 0 Å². The number of hydrogen-bond donors (Lipinski definition) is 0. The standard InChI is InChI=1S/C17H24N6O2/c1-2-13-11-22(12-14(13)21-6-8-25-9-7-21)16(24)10-15-19-17-18-4-3-5-23(17)20-15/h3-5,13-14H,2,6-12H2,1H3/t13-,14+/m0/s1. The minimum atomic E-state index is 0.102. The van der Waals surface area contributed by atoms with Crippen molar-refractivity contribution in [2.24, 2.45) is 5.92 Å². The summed E-state index contributed by atoms with van der Waals surface area (Å²) in [5, 5.41) is 4.34. The molecule has 0 aliphatic carbocycles. The van der Waals surface area contributed by atoms with Gasteiger partial charge < -0.3 is 9.64 Å². The second-order valence-electron chi connectivity index (χ2n) is 6.75. The highest BCUT2D eigenvalue weighted by molar-refractivity contribution is 5.78. The fraction of sp³-hybridized carbons (Fsp3) is 0.647. The van der Waals surface area contributed by atoms with E-state index < -0.39 is 0 Å². The van der Waals surface area contributed by atoms with Gasteiger partial charge in [0.25, 0.3) is 5.78 Å². The second kappa shape index (κ2) is 7.05. The minimum absolute atomic E-state index is 0.102. The van der Waals surface area contributed by atoms with Crippen molar-refractivity contribution in [1.29, 1.82) is 0 Å². The number of fused-ring (bicyclic) bond motifs is 1. The zero-order chi connectivity index (χ0) is 17.2. The molecule has 0 aromatic carbocycles. The summed E-state index contributed by atoms with van der Waals surface area (Å²) in [6.45, 7) is 7.33. The first-order valence-corrected chi connectivity index (χ1v) is 9.00. The van der Waals surface area contributed by atoms with Gasteiger partial charge >= 0.3 is 0 Å². The normalized spacial score (nSPS) is 24.9. The van der Waals surface area contributed by atoms with Crippen molar-refractivity contribution in [1.82, 2.24) is 29.4 Å². The van der Waals surface area contributed by atoms with Crippen LogP contribution in [0.2, 0.25) is 0 Å². The van der Waals surface area contributed by atoms with Gasteiger partial charge in [0.1, 0.15) is 0 Å². The first-order chi connectivity index (χ1) is 12.2. The lowest BCUT2D eigenvalue weighted by Gasteiger charge is -2.34. The maximum atomic E-state index is 12.8. The molecule has 0 bridgehead atoms. The maximum Gasteiger partial charge on any atom is 0.252 e. The molecule has 8 nitrogen and oxygen atoms in total. The van der Waals surface area contributed by atoms with E-state index in [1.165, 1.54) is 0 Å². The molecule has 2 aliphatic rings. The molecule has 4 rings (SSSR count). The SMILES string of the molecule is CC[C@H]1CN(C(=O)Cc2nc3ncccn3n2)C[C@H]1N1CCOCC1. The van der Waals surface area contributed by atoms with E-state index in [2.05, 4.69) is 26.9 Å². The summed E-state index contributed by atoms with van der Waals surface area (Å²) in [6.07, 6.45) is 4.79. The van der Waals surface area contributed by atoms with E-state index in [1.807, 2.05) is 4.90 Å². The predicted molar refractivity (Wildman–Crippen MR) is 91.0 cm³/mol. The van der Waals surface area contributed by atoms with Crippen molar-refractivity contribution in [3.05, 3.63) is 24.3 Å². The Bertz CT molecular complexity index is 709. The molecule has 2 atom stereocenters. The molecule has 1 amide bonds. The van der Waals surface area contributed by atoms with Crippen LogP contribution in [-0.4, -0.2) is 80.7 Å². The van der Waals surface area contributed by atoms with Gasteiger partial charge in [-0.1, -0.05) is 13.3 Å². The van der Waals surface area contributed by atoms with E-state index in [1.54, 1.807) is 23.0 Å². The lowest BCUT2D eigenvalue weighted by atomic mass is 9.99. The van der Waals surface area contributed by atoms with Crippen molar-refractivity contribution in [3.8, 4) is 0 Å². The zero-order valence-electron chi connectivity index (χ0n) is 14.5. The minimum Gasteiger partial charge on any atom is -0.379 e. The monoisotopic (exact) mass is 344 g/mol. The Kier molecular flexibility index (Phi) is 4.63. The summed E-state index contributed by atoms with van der Waals surface area (Å²) in [4.78, 5) is 25.7. The summed E-state index contributed by atoms with van der Waals surface area (Å²) in [6, 6.07) is 2.24. The fourth-order valence-corrected chi connectivity index (χ4v) is 3.88. The molecule has 134 valence electrons. The van der Waals surface area contributed by atoms with Crippen LogP contribution in [0.15, 0.2) is 18.5 Å². The summed E-state index contributed by atoms with van der Waals surface area (Å²) in [5.74, 6) is 1.69. The number of carbonyl (C=O) groups excluding carboxylic acids is 1. The van der Waals surface area contributed by atoms with Gasteiger partial charge in [0, 0.05) is 44.6 Å². The number of aromatic nitrogens is 4. The Balaban J connectivity index is 1.43. The molecule has 2 fully saturated rings. The average molecular weight is 344 g/mol. The van der Waals surface area contributed by atoms with Gasteiger partial charge in [-0.05, 0) is 12.0 Å². The van der Waals surface area contributed by atoms with Crippen LogP contribution in [-0.2, 0) is 16.0 Å². The van der Waals surface area contributed by atoms with E-state index in [4.69, 9.17) is 4.74 Å². The van der Waals surface area contributed by atoms with E-state index in [-0.39, 0.29) is 12.3 Å². The Morgan fingerprint density at radius 2 is 2.16 bits per heavy atom. The highest BCUT2D eigenvalue weighted by Crippen LogP contribution is 2.26. The third-order valence-electron chi connectivity index (χ3n) is 5.27. The Hall–Kier alpha value is -2.06. The zero-order valence-corrected chi connectivity index (χ0v) is 14.5. The first-order valence-electron chi connectivity index (χ1n) is 9.00. The van der Waals surface area contributed by atoms with Gasteiger partial charge in [-0.25, -0.2) is 9.50 Å². The van der Waals surface area contributed by atoms with Crippen LogP contribution in [0.25, 0.3) is 5.78 Å². The average Bonchev–Trinajstić information content (AvgIpc) is 3.25. The molecule has 2 saturated heterocycles. The van der Waals surface area contributed by atoms with Crippen molar-refractivity contribution in [2.45, 2.75) is 25.8 Å². The van der Waals surface area contributed by atoms with E-state index in [9.17, 15) is 4.79 Å². The number of morpholine rings is 1. The molecule has 25 heavy (non-hydrogen) atoms. The Labute approximate surface area is 146 Å². The van der Waals surface area contributed by atoms with Crippen LogP contribution >= 0.6 is 0 Å².